The Hall–Kier alpha value is -2.04. The quantitative estimate of drug-likeness (QED) is 0.635. The first-order valence-corrected chi connectivity index (χ1v) is 4.87. The third-order valence-electron chi connectivity index (χ3n) is 2.14. The molecule has 5 N–H and O–H groups in total. The summed E-state index contributed by atoms with van der Waals surface area (Å²) >= 11 is 0. The van der Waals surface area contributed by atoms with Gasteiger partial charge in [-0.05, 0) is 37.6 Å². The molecule has 16 heavy (non-hydrogen) atoms. The number of hydrogen-bond acceptors (Lipinski definition) is 3. The highest BCUT2D eigenvalue weighted by Gasteiger charge is 2.13. The molecule has 0 bridgehead atoms. The summed E-state index contributed by atoms with van der Waals surface area (Å²) in [7, 11) is 0. The monoisotopic (exact) mass is 221 g/mol. The van der Waals surface area contributed by atoms with E-state index in [9.17, 15) is 9.59 Å². The number of nitrogen functional groups attached to an aromatic ring is 1. The molecule has 0 fully saturated rings. The minimum Gasteiger partial charge on any atom is -0.399 e. The lowest BCUT2D eigenvalue weighted by Crippen LogP contribution is -2.42. The van der Waals surface area contributed by atoms with Crippen molar-refractivity contribution in [3.63, 3.8) is 0 Å². The zero-order valence-corrected chi connectivity index (χ0v) is 9.28. The average Bonchev–Trinajstić information content (AvgIpc) is 2.15. The predicted octanol–water partition coefficient (Wildman–Crippen LogP) is 0.181. The Bertz CT molecular complexity index is 409. The van der Waals surface area contributed by atoms with Gasteiger partial charge in [0.15, 0.2) is 0 Å². The maximum Gasteiger partial charge on any atom is 0.252 e. The van der Waals surface area contributed by atoms with Crippen LogP contribution < -0.4 is 16.8 Å². The molecule has 0 saturated heterocycles. The molecule has 5 heteroatoms. The van der Waals surface area contributed by atoms with Crippen LogP contribution in [0.1, 0.15) is 22.8 Å². The zero-order chi connectivity index (χ0) is 12.3. The summed E-state index contributed by atoms with van der Waals surface area (Å²) in [6.07, 6.45) is 0. The molecule has 5 nitrogen and oxygen atoms in total. The van der Waals surface area contributed by atoms with Crippen molar-refractivity contribution in [1.82, 2.24) is 5.32 Å². The summed E-state index contributed by atoms with van der Waals surface area (Å²) in [4.78, 5) is 22.5. The van der Waals surface area contributed by atoms with Crippen LogP contribution in [0.2, 0.25) is 0 Å². The van der Waals surface area contributed by atoms with Crippen molar-refractivity contribution in [3.05, 3.63) is 29.3 Å². The highest BCUT2D eigenvalue weighted by molar-refractivity contribution is 5.98. The standard InChI is InChI=1S/C11H15N3O2/c1-6-3-8(5-9(12)4-6)11(16)14-7(2)10(13)15/h3-5,7H,12H2,1-2H3,(H2,13,15)(H,14,16). The van der Waals surface area contributed by atoms with Crippen LogP contribution in [0, 0.1) is 6.92 Å². The summed E-state index contributed by atoms with van der Waals surface area (Å²) < 4.78 is 0. The van der Waals surface area contributed by atoms with Crippen molar-refractivity contribution < 1.29 is 9.59 Å². The third-order valence-corrected chi connectivity index (χ3v) is 2.14. The zero-order valence-electron chi connectivity index (χ0n) is 9.28. The Kier molecular flexibility index (Phi) is 3.50. The number of hydrogen-bond donors (Lipinski definition) is 3. The summed E-state index contributed by atoms with van der Waals surface area (Å²) in [5.41, 5.74) is 12.5. The van der Waals surface area contributed by atoms with E-state index in [0.29, 0.717) is 11.3 Å². The molecular formula is C11H15N3O2. The van der Waals surface area contributed by atoms with Gasteiger partial charge in [0.1, 0.15) is 6.04 Å². The Morgan fingerprint density at radius 3 is 2.44 bits per heavy atom. The normalized spacial score (nSPS) is 11.9. The van der Waals surface area contributed by atoms with Crippen LogP contribution >= 0.6 is 0 Å². The number of primary amides is 1. The minimum atomic E-state index is -0.700. The second kappa shape index (κ2) is 4.65. The number of amides is 2. The molecule has 0 aliphatic heterocycles. The maximum atomic E-state index is 11.7. The first-order valence-electron chi connectivity index (χ1n) is 4.87. The molecule has 0 aromatic heterocycles. The fraction of sp³-hybridized carbons (Fsp3) is 0.273. The van der Waals surface area contributed by atoms with Crippen LogP contribution in [-0.4, -0.2) is 17.9 Å². The number of nitrogens with one attached hydrogen (secondary N) is 1. The second-order valence-corrected chi connectivity index (χ2v) is 3.73. The molecule has 0 aliphatic rings. The molecule has 1 atom stereocenters. The van der Waals surface area contributed by atoms with Crippen molar-refractivity contribution in [1.29, 1.82) is 0 Å². The Balaban J connectivity index is 2.84. The van der Waals surface area contributed by atoms with Crippen molar-refractivity contribution in [2.75, 3.05) is 5.73 Å². The van der Waals surface area contributed by atoms with Gasteiger partial charge in [-0.2, -0.15) is 0 Å². The lowest BCUT2D eigenvalue weighted by Gasteiger charge is -2.10. The number of nitrogens with two attached hydrogens (primary N) is 2. The number of anilines is 1. The van der Waals surface area contributed by atoms with Gasteiger partial charge < -0.3 is 16.8 Å². The van der Waals surface area contributed by atoms with Gasteiger partial charge in [0.25, 0.3) is 5.91 Å². The molecule has 1 aromatic carbocycles. The lowest BCUT2D eigenvalue weighted by molar-refractivity contribution is -0.119. The molecular weight excluding hydrogens is 206 g/mol. The van der Waals surface area contributed by atoms with E-state index in [1.54, 1.807) is 18.2 Å². The molecule has 0 aliphatic carbocycles. The van der Waals surface area contributed by atoms with Gasteiger partial charge in [0, 0.05) is 11.3 Å². The van der Waals surface area contributed by atoms with Crippen molar-refractivity contribution in [3.8, 4) is 0 Å². The van der Waals surface area contributed by atoms with Crippen molar-refractivity contribution in [2.24, 2.45) is 5.73 Å². The number of carbonyl (C=O) groups is 2. The van der Waals surface area contributed by atoms with E-state index in [4.69, 9.17) is 11.5 Å². The largest absolute Gasteiger partial charge is 0.399 e. The minimum absolute atomic E-state index is 0.360. The average molecular weight is 221 g/mol. The Morgan fingerprint density at radius 1 is 1.31 bits per heavy atom. The molecule has 1 aromatic rings. The number of benzene rings is 1. The Morgan fingerprint density at radius 2 is 1.94 bits per heavy atom. The van der Waals surface area contributed by atoms with E-state index in [1.165, 1.54) is 6.92 Å². The smallest absolute Gasteiger partial charge is 0.252 e. The molecule has 86 valence electrons. The van der Waals surface area contributed by atoms with E-state index >= 15 is 0 Å². The van der Waals surface area contributed by atoms with Crippen LogP contribution in [0.5, 0.6) is 0 Å². The molecule has 0 saturated carbocycles. The third kappa shape index (κ3) is 2.98. The van der Waals surface area contributed by atoms with Crippen LogP contribution in [-0.2, 0) is 4.79 Å². The molecule has 0 spiro atoms. The van der Waals surface area contributed by atoms with Crippen molar-refractivity contribution in [2.45, 2.75) is 19.9 Å². The summed E-state index contributed by atoms with van der Waals surface area (Å²) in [6, 6.07) is 4.30. The summed E-state index contributed by atoms with van der Waals surface area (Å²) in [5.74, 6) is -0.935. The van der Waals surface area contributed by atoms with E-state index in [1.807, 2.05) is 6.92 Å². The van der Waals surface area contributed by atoms with Crippen LogP contribution in [0.15, 0.2) is 18.2 Å². The number of rotatable bonds is 3. The highest BCUT2D eigenvalue weighted by atomic mass is 16.2. The van der Waals surface area contributed by atoms with Crippen molar-refractivity contribution >= 4 is 17.5 Å². The SMILES string of the molecule is Cc1cc(N)cc(C(=O)NC(C)C(N)=O)c1. The van der Waals surface area contributed by atoms with Gasteiger partial charge in [-0.15, -0.1) is 0 Å². The fourth-order valence-corrected chi connectivity index (χ4v) is 1.29. The van der Waals surface area contributed by atoms with E-state index < -0.39 is 11.9 Å². The first kappa shape index (κ1) is 12.0. The molecule has 1 unspecified atom stereocenters. The fourth-order valence-electron chi connectivity index (χ4n) is 1.29. The van der Waals surface area contributed by atoms with E-state index in [2.05, 4.69) is 5.32 Å². The van der Waals surface area contributed by atoms with Gasteiger partial charge in [0.05, 0.1) is 0 Å². The topological polar surface area (TPSA) is 98.2 Å². The maximum absolute atomic E-state index is 11.7. The molecule has 0 heterocycles. The highest BCUT2D eigenvalue weighted by Crippen LogP contribution is 2.11. The Labute approximate surface area is 93.8 Å². The van der Waals surface area contributed by atoms with Crippen LogP contribution in [0.3, 0.4) is 0 Å². The molecule has 0 radical (unpaired) electrons. The van der Waals surface area contributed by atoms with E-state index in [0.717, 1.165) is 5.56 Å². The number of aryl methyl sites for hydroxylation is 1. The van der Waals surface area contributed by atoms with Gasteiger partial charge in [0.2, 0.25) is 5.91 Å². The summed E-state index contributed by atoms with van der Waals surface area (Å²) in [6.45, 7) is 3.37. The molecule has 2 amide bonds. The lowest BCUT2D eigenvalue weighted by atomic mass is 10.1. The molecule has 1 rings (SSSR count). The van der Waals surface area contributed by atoms with Gasteiger partial charge in [-0.25, -0.2) is 0 Å². The van der Waals surface area contributed by atoms with Gasteiger partial charge in [-0.3, -0.25) is 9.59 Å². The van der Waals surface area contributed by atoms with Gasteiger partial charge in [-0.1, -0.05) is 0 Å². The first-order chi connectivity index (χ1) is 7.40. The number of carbonyl (C=O) groups excluding carboxylic acids is 2. The predicted molar refractivity (Wildman–Crippen MR) is 61.7 cm³/mol. The van der Waals surface area contributed by atoms with E-state index in [-0.39, 0.29) is 5.91 Å². The summed E-state index contributed by atoms with van der Waals surface area (Å²) in [5, 5.41) is 2.48. The van der Waals surface area contributed by atoms with Crippen LogP contribution in [0.4, 0.5) is 5.69 Å². The van der Waals surface area contributed by atoms with Gasteiger partial charge >= 0.3 is 0 Å². The second-order valence-electron chi connectivity index (χ2n) is 3.73. The van der Waals surface area contributed by atoms with Crippen LogP contribution in [0.25, 0.3) is 0 Å².